The van der Waals surface area contributed by atoms with Crippen LogP contribution in [0.4, 0.5) is 0 Å². The number of nitrogens with zero attached hydrogens (tertiary/aromatic N) is 3. The van der Waals surface area contributed by atoms with Gasteiger partial charge >= 0.3 is 0 Å². The summed E-state index contributed by atoms with van der Waals surface area (Å²) in [7, 11) is 0. The molecule has 0 aromatic carbocycles. The van der Waals surface area contributed by atoms with Gasteiger partial charge < -0.3 is 10.2 Å². The number of likely N-dealkylation sites (tertiary alicyclic amines) is 1. The highest BCUT2D eigenvalue weighted by Crippen LogP contribution is 2.27. The number of carbonyl (C=O) groups is 1. The van der Waals surface area contributed by atoms with Crippen LogP contribution in [0.15, 0.2) is 24.5 Å². The number of aromatic nitrogens is 1. The molecule has 126 valence electrons. The van der Waals surface area contributed by atoms with Gasteiger partial charge in [0.25, 0.3) is 0 Å². The molecule has 5 nitrogen and oxygen atoms in total. The van der Waals surface area contributed by atoms with Crippen molar-refractivity contribution in [2.24, 2.45) is 0 Å². The van der Waals surface area contributed by atoms with Crippen molar-refractivity contribution in [2.45, 2.75) is 44.7 Å². The summed E-state index contributed by atoms with van der Waals surface area (Å²) in [6.07, 6.45) is 8.37. The van der Waals surface area contributed by atoms with Crippen LogP contribution >= 0.6 is 0 Å². The summed E-state index contributed by atoms with van der Waals surface area (Å²) in [4.78, 5) is 22.0. The fourth-order valence-electron chi connectivity index (χ4n) is 3.72. The fraction of sp³-hybridized carbons (Fsp3) is 0.667. The molecule has 2 fully saturated rings. The highest BCUT2D eigenvalue weighted by Gasteiger charge is 2.35. The molecule has 3 heterocycles. The topological polar surface area (TPSA) is 48.5 Å². The zero-order valence-corrected chi connectivity index (χ0v) is 14.1. The molecule has 2 atom stereocenters. The van der Waals surface area contributed by atoms with Crippen molar-refractivity contribution in [1.82, 2.24) is 20.1 Å². The molecule has 1 amide bonds. The van der Waals surface area contributed by atoms with Gasteiger partial charge in [-0.1, -0.05) is 18.9 Å². The van der Waals surface area contributed by atoms with E-state index in [4.69, 9.17) is 0 Å². The van der Waals surface area contributed by atoms with E-state index in [1.165, 1.54) is 12.8 Å². The Labute approximate surface area is 139 Å². The average molecular weight is 316 g/mol. The summed E-state index contributed by atoms with van der Waals surface area (Å²) in [5.74, 6) is 0.258. The molecule has 2 unspecified atom stereocenters. The Bertz CT molecular complexity index is 499. The maximum atomic E-state index is 13.3. The third-order valence-corrected chi connectivity index (χ3v) is 5.04. The monoisotopic (exact) mass is 316 g/mol. The molecule has 0 aliphatic carbocycles. The molecule has 0 bridgehead atoms. The quantitative estimate of drug-likeness (QED) is 0.924. The van der Waals surface area contributed by atoms with E-state index < -0.39 is 0 Å². The summed E-state index contributed by atoms with van der Waals surface area (Å²) >= 11 is 0. The van der Waals surface area contributed by atoms with Crippen LogP contribution in [0.3, 0.4) is 0 Å². The van der Waals surface area contributed by atoms with E-state index in [0.717, 1.165) is 51.1 Å². The van der Waals surface area contributed by atoms with Crippen LogP contribution in [-0.4, -0.2) is 59.5 Å². The molecular weight excluding hydrogens is 288 g/mol. The Morgan fingerprint density at radius 3 is 2.70 bits per heavy atom. The van der Waals surface area contributed by atoms with E-state index in [1.54, 1.807) is 6.20 Å². The second-order valence-electron chi connectivity index (χ2n) is 6.72. The highest BCUT2D eigenvalue weighted by atomic mass is 16.2. The number of carbonyl (C=O) groups excluding carboxylic acids is 1. The molecule has 0 radical (unpaired) electrons. The van der Waals surface area contributed by atoms with Gasteiger partial charge in [0, 0.05) is 51.2 Å². The third-order valence-electron chi connectivity index (χ3n) is 5.04. The maximum Gasteiger partial charge on any atom is 0.244 e. The first-order chi connectivity index (χ1) is 11.3. The second-order valence-corrected chi connectivity index (χ2v) is 6.72. The minimum Gasteiger partial charge on any atom is -0.341 e. The Morgan fingerprint density at radius 1 is 1.26 bits per heavy atom. The van der Waals surface area contributed by atoms with Crippen molar-refractivity contribution in [3.63, 3.8) is 0 Å². The predicted octanol–water partition coefficient (Wildman–Crippen LogP) is 1.82. The number of nitrogens with one attached hydrogen (secondary N) is 1. The summed E-state index contributed by atoms with van der Waals surface area (Å²) in [5.41, 5.74) is 1.02. The van der Waals surface area contributed by atoms with Crippen LogP contribution in [0.1, 0.15) is 44.2 Å². The van der Waals surface area contributed by atoms with Crippen LogP contribution in [0.2, 0.25) is 0 Å². The maximum absolute atomic E-state index is 13.3. The van der Waals surface area contributed by atoms with Gasteiger partial charge in [-0.3, -0.25) is 14.7 Å². The smallest absolute Gasteiger partial charge is 0.244 e. The molecule has 3 rings (SSSR count). The van der Waals surface area contributed by atoms with Gasteiger partial charge in [0.2, 0.25) is 5.91 Å². The van der Waals surface area contributed by atoms with Crippen LogP contribution in [-0.2, 0) is 4.79 Å². The fourth-order valence-corrected chi connectivity index (χ4v) is 3.72. The number of piperazine rings is 1. The molecule has 1 N–H and O–H groups in total. The first kappa shape index (κ1) is 16.4. The Balaban J connectivity index is 1.86. The van der Waals surface area contributed by atoms with E-state index in [1.807, 2.05) is 18.3 Å². The van der Waals surface area contributed by atoms with Crippen LogP contribution in [0.5, 0.6) is 0 Å². The van der Waals surface area contributed by atoms with Gasteiger partial charge in [0.15, 0.2) is 0 Å². The van der Waals surface area contributed by atoms with Crippen LogP contribution in [0, 0.1) is 0 Å². The summed E-state index contributed by atoms with van der Waals surface area (Å²) in [5, 5.41) is 3.42. The Morgan fingerprint density at radius 2 is 2.04 bits per heavy atom. The van der Waals surface area contributed by atoms with Crippen LogP contribution in [0.25, 0.3) is 0 Å². The molecule has 1 aromatic heterocycles. The molecule has 1 aromatic rings. The van der Waals surface area contributed by atoms with E-state index in [2.05, 4.69) is 27.0 Å². The summed E-state index contributed by atoms with van der Waals surface area (Å²) in [6, 6.07) is 4.14. The van der Waals surface area contributed by atoms with Crippen molar-refractivity contribution in [1.29, 1.82) is 0 Å². The minimum atomic E-state index is -0.195. The molecule has 0 spiro atoms. The Kier molecular flexibility index (Phi) is 5.62. The second kappa shape index (κ2) is 7.88. The number of amides is 1. The number of rotatable bonds is 3. The van der Waals surface area contributed by atoms with Gasteiger partial charge in [-0.25, -0.2) is 0 Å². The molecule has 0 saturated carbocycles. The lowest BCUT2D eigenvalue weighted by molar-refractivity contribution is -0.138. The summed E-state index contributed by atoms with van der Waals surface area (Å²) < 4.78 is 0. The van der Waals surface area contributed by atoms with E-state index in [0.29, 0.717) is 6.04 Å². The van der Waals surface area contributed by atoms with Gasteiger partial charge in [-0.15, -0.1) is 0 Å². The highest BCUT2D eigenvalue weighted by molar-refractivity contribution is 5.83. The lowest BCUT2D eigenvalue weighted by Gasteiger charge is -2.41. The normalized spacial score (nSPS) is 24.9. The van der Waals surface area contributed by atoms with Crippen molar-refractivity contribution < 1.29 is 4.79 Å². The number of pyridine rings is 1. The van der Waals surface area contributed by atoms with Crippen molar-refractivity contribution >= 4 is 5.91 Å². The largest absolute Gasteiger partial charge is 0.341 e. The average Bonchev–Trinajstić information content (AvgIpc) is 2.87. The van der Waals surface area contributed by atoms with Crippen molar-refractivity contribution in [3.8, 4) is 0 Å². The number of hydrogen-bond acceptors (Lipinski definition) is 4. The van der Waals surface area contributed by atoms with Gasteiger partial charge in [-0.05, 0) is 31.4 Å². The Hall–Kier alpha value is -1.46. The lowest BCUT2D eigenvalue weighted by Crippen LogP contribution is -2.54. The molecule has 2 aliphatic rings. The molecule has 23 heavy (non-hydrogen) atoms. The third kappa shape index (κ3) is 3.90. The predicted molar refractivity (Wildman–Crippen MR) is 91.1 cm³/mol. The zero-order valence-electron chi connectivity index (χ0n) is 14.1. The summed E-state index contributed by atoms with van der Waals surface area (Å²) in [6.45, 7) is 6.77. The lowest BCUT2D eigenvalue weighted by atomic mass is 10.0. The van der Waals surface area contributed by atoms with E-state index in [-0.39, 0.29) is 11.9 Å². The molecule has 2 saturated heterocycles. The molecular formula is C18H28N4O. The first-order valence-corrected chi connectivity index (χ1v) is 8.92. The van der Waals surface area contributed by atoms with Gasteiger partial charge in [0.1, 0.15) is 6.04 Å². The van der Waals surface area contributed by atoms with E-state index in [9.17, 15) is 4.79 Å². The van der Waals surface area contributed by atoms with Gasteiger partial charge in [0.05, 0.1) is 0 Å². The minimum absolute atomic E-state index is 0.195. The SMILES string of the molecule is CC1CNCCN1C(C(=O)N1CCCCCC1)c1cccnc1. The molecule has 2 aliphatic heterocycles. The first-order valence-electron chi connectivity index (χ1n) is 8.92. The standard InChI is InChI=1S/C18H28N4O/c1-15-13-20-9-12-22(15)17(16-7-6-8-19-14-16)18(23)21-10-4-2-3-5-11-21/h6-8,14-15,17,20H,2-5,9-13H2,1H3. The van der Waals surface area contributed by atoms with Crippen molar-refractivity contribution in [3.05, 3.63) is 30.1 Å². The molecule has 5 heteroatoms. The van der Waals surface area contributed by atoms with Crippen LogP contribution < -0.4 is 5.32 Å². The zero-order chi connectivity index (χ0) is 16.1. The number of hydrogen-bond donors (Lipinski definition) is 1. The van der Waals surface area contributed by atoms with Crippen molar-refractivity contribution in [2.75, 3.05) is 32.7 Å². The van der Waals surface area contributed by atoms with E-state index >= 15 is 0 Å². The van der Waals surface area contributed by atoms with Gasteiger partial charge in [-0.2, -0.15) is 0 Å².